The number of nitrogens with one attached hydrogen (secondary N) is 1. The van der Waals surface area contributed by atoms with Gasteiger partial charge in [-0.2, -0.15) is 0 Å². The molecule has 2 bridgehead atoms. The van der Waals surface area contributed by atoms with E-state index in [1.807, 2.05) is 0 Å². The van der Waals surface area contributed by atoms with Crippen molar-refractivity contribution in [3.8, 4) is 0 Å². The molecule has 3 atom stereocenters. The fourth-order valence-corrected chi connectivity index (χ4v) is 4.38. The van der Waals surface area contributed by atoms with Crippen LogP contribution in [-0.4, -0.2) is 36.1 Å². The molecule has 2 aliphatic heterocycles. The zero-order valence-electron chi connectivity index (χ0n) is 12.2. The van der Waals surface area contributed by atoms with E-state index in [9.17, 15) is 0 Å². The summed E-state index contributed by atoms with van der Waals surface area (Å²) in [5, 5.41) is 3.70. The normalized spacial score (nSPS) is 38.7. The van der Waals surface area contributed by atoms with Crippen molar-refractivity contribution < 1.29 is 0 Å². The molecule has 0 aromatic heterocycles. The van der Waals surface area contributed by atoms with Gasteiger partial charge in [0.15, 0.2) is 0 Å². The van der Waals surface area contributed by atoms with Crippen molar-refractivity contribution in [1.82, 2.24) is 10.2 Å². The molecule has 3 aliphatic rings. The van der Waals surface area contributed by atoms with E-state index < -0.39 is 0 Å². The summed E-state index contributed by atoms with van der Waals surface area (Å²) in [5.74, 6) is 2.01. The van der Waals surface area contributed by atoms with Crippen molar-refractivity contribution in [2.45, 2.75) is 76.9 Å². The lowest BCUT2D eigenvalue weighted by molar-refractivity contribution is 0.0120. The highest BCUT2D eigenvalue weighted by Crippen LogP contribution is 2.40. The fourth-order valence-electron chi connectivity index (χ4n) is 4.38. The van der Waals surface area contributed by atoms with E-state index in [2.05, 4.69) is 24.1 Å². The molecule has 104 valence electrons. The summed E-state index contributed by atoms with van der Waals surface area (Å²) in [7, 11) is 0. The van der Waals surface area contributed by atoms with Crippen molar-refractivity contribution >= 4 is 0 Å². The minimum absolute atomic E-state index is 0.804. The van der Waals surface area contributed by atoms with Crippen molar-refractivity contribution in [2.24, 2.45) is 11.8 Å². The minimum Gasteiger partial charge on any atom is -0.314 e. The van der Waals surface area contributed by atoms with E-state index in [4.69, 9.17) is 0 Å². The number of nitrogens with zero attached hydrogens (tertiary/aromatic N) is 1. The van der Waals surface area contributed by atoms with Crippen molar-refractivity contribution in [3.05, 3.63) is 0 Å². The molecule has 3 unspecified atom stereocenters. The summed E-state index contributed by atoms with van der Waals surface area (Å²) in [6.45, 7) is 7.27. The maximum Gasteiger partial charge on any atom is 0.0113 e. The molecule has 2 heteroatoms. The smallest absolute Gasteiger partial charge is 0.0113 e. The Hall–Kier alpha value is -0.0800. The van der Waals surface area contributed by atoms with Crippen LogP contribution in [0.1, 0.15) is 58.8 Å². The number of hydrogen-bond acceptors (Lipinski definition) is 2. The van der Waals surface area contributed by atoms with Gasteiger partial charge in [-0.15, -0.1) is 0 Å². The Bertz CT molecular complexity index is 260. The quantitative estimate of drug-likeness (QED) is 0.807. The average molecular weight is 250 g/mol. The maximum absolute atomic E-state index is 3.70. The predicted octanol–water partition coefficient (Wildman–Crippen LogP) is 3.03. The fraction of sp³-hybridized carbons (Fsp3) is 1.00. The number of piperidine rings is 2. The van der Waals surface area contributed by atoms with E-state index in [1.54, 1.807) is 0 Å². The van der Waals surface area contributed by atoms with E-state index >= 15 is 0 Å². The van der Waals surface area contributed by atoms with Gasteiger partial charge in [0.25, 0.3) is 0 Å². The van der Waals surface area contributed by atoms with Gasteiger partial charge < -0.3 is 5.32 Å². The van der Waals surface area contributed by atoms with Gasteiger partial charge >= 0.3 is 0 Å². The van der Waals surface area contributed by atoms with E-state index in [-0.39, 0.29) is 0 Å². The molecule has 1 aliphatic carbocycles. The molecular formula is C16H30N2. The molecule has 2 heterocycles. The van der Waals surface area contributed by atoms with Gasteiger partial charge in [0.05, 0.1) is 0 Å². The van der Waals surface area contributed by atoms with Gasteiger partial charge in [-0.1, -0.05) is 20.3 Å². The number of hydrogen-bond donors (Lipinski definition) is 1. The third-order valence-electron chi connectivity index (χ3n) is 5.54. The first kappa shape index (κ1) is 12.9. The second-order valence-electron chi connectivity index (χ2n) is 6.98. The van der Waals surface area contributed by atoms with E-state index in [1.165, 1.54) is 51.5 Å². The highest BCUT2D eigenvalue weighted by Gasteiger charge is 2.40. The molecule has 0 amide bonds. The Balaban J connectivity index is 1.60. The Kier molecular flexibility index (Phi) is 3.95. The molecule has 1 N–H and O–H groups in total. The molecule has 1 saturated carbocycles. The van der Waals surface area contributed by atoms with Gasteiger partial charge in [0.2, 0.25) is 0 Å². The highest BCUT2D eigenvalue weighted by atomic mass is 15.2. The topological polar surface area (TPSA) is 15.3 Å². The predicted molar refractivity (Wildman–Crippen MR) is 76.7 cm³/mol. The lowest BCUT2D eigenvalue weighted by Gasteiger charge is -2.50. The van der Waals surface area contributed by atoms with Crippen LogP contribution in [0.25, 0.3) is 0 Å². The van der Waals surface area contributed by atoms with Crippen LogP contribution in [0.3, 0.4) is 0 Å². The van der Waals surface area contributed by atoms with Crippen LogP contribution in [0.5, 0.6) is 0 Å². The van der Waals surface area contributed by atoms with Crippen molar-refractivity contribution in [2.75, 3.05) is 13.1 Å². The standard InChI is InChI=1S/C16H30N2/c1-3-17-14-9-15-5-4-6-16(10-14)18(15)11-12(2)13-7-8-13/h12-17H,3-11H2,1-2H3. The molecule has 0 radical (unpaired) electrons. The monoisotopic (exact) mass is 250 g/mol. The van der Waals surface area contributed by atoms with Crippen LogP contribution in [-0.2, 0) is 0 Å². The van der Waals surface area contributed by atoms with Crippen molar-refractivity contribution in [1.29, 1.82) is 0 Å². The van der Waals surface area contributed by atoms with Crippen LogP contribution in [0.4, 0.5) is 0 Å². The highest BCUT2D eigenvalue weighted by molar-refractivity contribution is 4.96. The third-order valence-corrected chi connectivity index (χ3v) is 5.54. The Morgan fingerprint density at radius 1 is 1.11 bits per heavy atom. The zero-order chi connectivity index (χ0) is 12.5. The molecule has 3 fully saturated rings. The van der Waals surface area contributed by atoms with Crippen LogP contribution in [0.2, 0.25) is 0 Å². The lowest BCUT2D eigenvalue weighted by atomic mass is 9.81. The van der Waals surface area contributed by atoms with Crippen molar-refractivity contribution in [3.63, 3.8) is 0 Å². The molecule has 2 nitrogen and oxygen atoms in total. The van der Waals surface area contributed by atoms with E-state index in [0.29, 0.717) is 0 Å². The summed E-state index contributed by atoms with van der Waals surface area (Å²) in [4.78, 5) is 2.90. The summed E-state index contributed by atoms with van der Waals surface area (Å²) >= 11 is 0. The lowest BCUT2D eigenvalue weighted by Crippen LogP contribution is -2.57. The molecule has 3 rings (SSSR count). The SMILES string of the molecule is CCNC1CC2CCCC(C1)N2CC(C)C1CC1. The molecule has 2 saturated heterocycles. The van der Waals surface area contributed by atoms with Gasteiger partial charge in [-0.3, -0.25) is 4.90 Å². The van der Waals surface area contributed by atoms with Gasteiger partial charge in [-0.05, 0) is 56.9 Å². The Morgan fingerprint density at radius 3 is 2.33 bits per heavy atom. The second kappa shape index (κ2) is 5.50. The van der Waals surface area contributed by atoms with Gasteiger partial charge in [0.1, 0.15) is 0 Å². The largest absolute Gasteiger partial charge is 0.314 e. The van der Waals surface area contributed by atoms with Crippen LogP contribution >= 0.6 is 0 Å². The molecule has 0 aromatic carbocycles. The zero-order valence-corrected chi connectivity index (χ0v) is 12.2. The minimum atomic E-state index is 0.804. The second-order valence-corrected chi connectivity index (χ2v) is 6.98. The maximum atomic E-state index is 3.70. The van der Waals surface area contributed by atoms with Gasteiger partial charge in [-0.25, -0.2) is 0 Å². The summed E-state index contributed by atoms with van der Waals surface area (Å²) in [6.07, 6.45) is 10.2. The van der Waals surface area contributed by atoms with Crippen LogP contribution in [0.15, 0.2) is 0 Å². The molecular weight excluding hydrogens is 220 g/mol. The number of rotatable bonds is 5. The molecule has 0 spiro atoms. The first-order chi connectivity index (χ1) is 8.78. The van der Waals surface area contributed by atoms with Crippen LogP contribution < -0.4 is 5.32 Å². The van der Waals surface area contributed by atoms with E-state index in [0.717, 1.165) is 36.5 Å². The first-order valence-electron chi connectivity index (χ1n) is 8.27. The first-order valence-corrected chi connectivity index (χ1v) is 8.27. The van der Waals surface area contributed by atoms with Gasteiger partial charge in [0, 0.05) is 24.7 Å². The summed E-state index contributed by atoms with van der Waals surface area (Å²) in [6, 6.07) is 2.59. The van der Waals surface area contributed by atoms with Crippen LogP contribution in [0, 0.1) is 11.8 Å². The molecule has 18 heavy (non-hydrogen) atoms. The third kappa shape index (κ3) is 2.75. The number of fused-ring (bicyclic) bond motifs is 2. The Labute approximate surface area is 113 Å². The Morgan fingerprint density at radius 2 is 1.78 bits per heavy atom. The molecule has 0 aromatic rings. The summed E-state index contributed by atoms with van der Waals surface area (Å²) < 4.78 is 0. The average Bonchev–Trinajstić information content (AvgIpc) is 3.14. The summed E-state index contributed by atoms with van der Waals surface area (Å²) in [5.41, 5.74) is 0.